The van der Waals surface area contributed by atoms with Crippen LogP contribution in [0.2, 0.25) is 0 Å². The van der Waals surface area contributed by atoms with Crippen LogP contribution in [-0.4, -0.2) is 117 Å². The lowest BCUT2D eigenvalue weighted by molar-refractivity contribution is -0.124. The minimum absolute atomic E-state index is 0.000608. The summed E-state index contributed by atoms with van der Waals surface area (Å²) in [6, 6.07) is 16.8. The van der Waals surface area contributed by atoms with Gasteiger partial charge in [0.25, 0.3) is 17.7 Å². The van der Waals surface area contributed by atoms with Crippen LogP contribution in [0.25, 0.3) is 43.4 Å². The van der Waals surface area contributed by atoms with Crippen LogP contribution in [-0.2, 0) is 16.0 Å². The van der Waals surface area contributed by atoms with Crippen LogP contribution in [0.15, 0.2) is 93.6 Å². The number of ketones is 1. The summed E-state index contributed by atoms with van der Waals surface area (Å²) in [5, 5.41) is 43.8. The minimum atomic E-state index is -1.28. The van der Waals surface area contributed by atoms with E-state index < -0.39 is 77.5 Å². The maximum Gasteiger partial charge on any atom is 0.271 e. The average molecular weight is 1280 g/mol. The number of likely N-dealkylation sites (tertiary alicyclic amines) is 1. The first kappa shape index (κ1) is 60.9. The molecular weight excluding hydrogens is 1220 g/mol. The molecular formula is C60H59N13O8S6. The number of piperidine rings is 1. The molecule has 0 unspecified atom stereocenters. The Morgan fingerprint density at radius 2 is 1.29 bits per heavy atom. The number of aromatic nitrogens is 7. The van der Waals surface area contributed by atoms with Gasteiger partial charge in [0.2, 0.25) is 11.8 Å². The highest BCUT2D eigenvalue weighted by Gasteiger charge is 2.36. The molecule has 9 N–H and O–H groups in total. The van der Waals surface area contributed by atoms with Crippen molar-refractivity contribution < 1.29 is 39.0 Å². The third kappa shape index (κ3) is 14.0. The molecule has 0 saturated carbocycles. The van der Waals surface area contributed by atoms with Crippen LogP contribution in [0.4, 0.5) is 0 Å². The Kier molecular flexibility index (Phi) is 18.7. The Morgan fingerprint density at radius 1 is 0.644 bits per heavy atom. The van der Waals surface area contributed by atoms with E-state index in [9.17, 15) is 34.2 Å². The normalized spacial score (nSPS) is 19.1. The third-order valence-corrected chi connectivity index (χ3v) is 20.8. The summed E-state index contributed by atoms with van der Waals surface area (Å²) in [5.74, 6) is -5.39. The number of nitrogens with two attached hydrogens (primary N) is 2. The van der Waals surface area contributed by atoms with E-state index in [0.717, 1.165) is 77.5 Å². The fraction of sp³-hybridized carbons (Fsp3) is 0.317. The molecule has 9 heterocycles. The Hall–Kier alpha value is -7.73. The number of rotatable bonds is 12. The van der Waals surface area contributed by atoms with E-state index in [-0.39, 0.29) is 52.1 Å². The van der Waals surface area contributed by atoms with Gasteiger partial charge in [-0.1, -0.05) is 73.5 Å². The Bertz CT molecular complexity index is 4000. The lowest BCUT2D eigenvalue weighted by Gasteiger charge is -2.34. The van der Waals surface area contributed by atoms with E-state index in [0.29, 0.717) is 65.4 Å². The molecule has 27 heteroatoms. The molecule has 1 saturated heterocycles. The molecule has 10 bridgehead atoms. The number of nitrogens with zero attached hydrogens (tertiary/aromatic N) is 8. The minimum Gasteiger partial charge on any atom is -0.391 e. The first-order chi connectivity index (χ1) is 41.9. The Balaban J connectivity index is 1.02. The van der Waals surface area contributed by atoms with Crippen LogP contribution in [0.3, 0.4) is 0 Å². The molecule has 2 aromatic carbocycles. The van der Waals surface area contributed by atoms with Gasteiger partial charge in [-0.25, -0.2) is 34.9 Å². The summed E-state index contributed by atoms with van der Waals surface area (Å²) in [5.41, 5.74) is 15.8. The zero-order valence-corrected chi connectivity index (χ0v) is 52.1. The molecule has 0 radical (unpaired) electrons. The second-order valence-electron chi connectivity index (χ2n) is 21.4. The van der Waals surface area contributed by atoms with Crippen molar-refractivity contribution in [2.24, 2.45) is 17.4 Å². The summed E-state index contributed by atoms with van der Waals surface area (Å²) >= 11 is 7.11. The zero-order chi connectivity index (χ0) is 61.0. The largest absolute Gasteiger partial charge is 0.391 e. The van der Waals surface area contributed by atoms with Crippen molar-refractivity contribution >= 4 is 103 Å². The quantitative estimate of drug-likeness (QED) is 0.0602. The lowest BCUT2D eigenvalue weighted by Crippen LogP contribution is -2.51. The van der Waals surface area contributed by atoms with Crippen molar-refractivity contribution in [3.05, 3.63) is 153 Å². The number of thiazole rings is 6. The van der Waals surface area contributed by atoms with Crippen LogP contribution < -0.4 is 27.4 Å². The predicted octanol–water partition coefficient (Wildman–Crippen LogP) is 8.64. The predicted molar refractivity (Wildman–Crippen MR) is 336 cm³/mol. The second-order valence-corrected chi connectivity index (χ2v) is 27.0. The summed E-state index contributed by atoms with van der Waals surface area (Å²) in [6.07, 6.45) is 0.342. The number of nitrogens with one attached hydrogen (secondary N) is 3. The number of benzene rings is 2. The highest BCUT2D eigenvalue weighted by Crippen LogP contribution is 2.41. The van der Waals surface area contributed by atoms with Gasteiger partial charge in [0.05, 0.1) is 41.4 Å². The topological polar surface area (TPSA) is 324 Å². The van der Waals surface area contributed by atoms with E-state index in [1.54, 1.807) is 60.1 Å². The number of β-amino-alcohol motifs (C(OH)–C–C–N with tert-alkyl or cyclic N) is 1. The second kappa shape index (κ2) is 26.7. The summed E-state index contributed by atoms with van der Waals surface area (Å²) in [6.45, 7) is 7.55. The average Bonchev–Trinajstić information content (AvgIpc) is 2.08. The van der Waals surface area contributed by atoms with Crippen molar-refractivity contribution in [2.45, 2.75) is 95.5 Å². The molecule has 21 nitrogen and oxygen atoms in total. The molecule has 2 aliphatic rings. The number of carbonyl (C=O) groups is 6. The highest BCUT2D eigenvalue weighted by atomic mass is 32.1. The van der Waals surface area contributed by atoms with Gasteiger partial charge in [0.15, 0.2) is 5.78 Å². The van der Waals surface area contributed by atoms with Gasteiger partial charge in [-0.2, -0.15) is 0 Å². The SMILES string of the molecule is Cc1ccc(C[C@@H]2NC(=O)c3csc(n3)[C@H]([C@H](O)c3ccccc3)CC(=O)c3nc(sc3C)[C@H](CC(N)=O)NC(=O)c3csc(n3)-c3ccc(-c4nc(C(N)=O)cs4)nc3-c3csc(n3)-c3csc(n3)[C@H]([C@@H](C)[C@@H](O)CN3CCCCC3)NC2=O)cc1. The standard InChI is InChI=1S/C60H59N13O8S6/c1-29-12-14-32(15-13-29)20-37-52(79)71-47(30(2)45(75)23-73-18-8-5-9-19-73)60-70-43(28-86-60)58-66-39(24-84-58)49-34(16-17-36(63-49)57-67-40(25-85-57)51(62)78)55-68-42(26-82-55)54(81)65-38(22-46(61)76)59-72-48(31(3)87-59)44(74)21-35(50(77)33-10-6-4-7-11-33)56-69-41(27-83-56)53(80)64-37/h4,6-7,10-17,24-28,30,35,37-38,45,47,50,75,77H,5,8-9,18-23H2,1-3H3,(H2,61,76)(H2,62,78)(H,64,80)(H,65,81)(H,71,79)/t30-,35-,37-,38-,45-,47-,50+/m0/s1. The van der Waals surface area contributed by atoms with Crippen molar-refractivity contribution in [1.82, 2.24) is 55.7 Å². The lowest BCUT2D eigenvalue weighted by atomic mass is 9.90. The van der Waals surface area contributed by atoms with E-state index in [1.807, 2.05) is 48.9 Å². The van der Waals surface area contributed by atoms with Crippen LogP contribution in [0.5, 0.6) is 0 Å². The number of aliphatic hydroxyl groups excluding tert-OH is 2. The molecule has 9 aromatic rings. The number of amides is 5. The van der Waals surface area contributed by atoms with Gasteiger partial charge >= 0.3 is 0 Å². The summed E-state index contributed by atoms with van der Waals surface area (Å²) in [7, 11) is 0. The first-order valence-corrected chi connectivity index (χ1v) is 33.1. The number of primary amides is 2. The fourth-order valence-corrected chi connectivity index (χ4v) is 15.7. The van der Waals surface area contributed by atoms with E-state index in [2.05, 4.69) is 25.8 Å². The van der Waals surface area contributed by atoms with Gasteiger partial charge in [0, 0.05) is 68.6 Å². The van der Waals surface area contributed by atoms with E-state index in [4.69, 9.17) is 41.4 Å². The monoisotopic (exact) mass is 1280 g/mol. The maximum absolute atomic E-state index is 15.2. The van der Waals surface area contributed by atoms with Crippen molar-refractivity contribution in [3.63, 3.8) is 0 Å². The van der Waals surface area contributed by atoms with Crippen molar-refractivity contribution in [3.8, 4) is 43.4 Å². The number of carbonyl (C=O) groups excluding carboxylic acids is 6. The maximum atomic E-state index is 15.2. The van der Waals surface area contributed by atoms with Crippen LogP contribution in [0.1, 0.15) is 142 Å². The summed E-state index contributed by atoms with van der Waals surface area (Å²) < 4.78 is 0. The van der Waals surface area contributed by atoms with Gasteiger partial charge in [-0.05, 0) is 63.0 Å². The smallest absolute Gasteiger partial charge is 0.271 e. The number of Topliss-reactive ketones (excluding diaryl/α,β-unsaturated/α-hetero) is 1. The molecule has 87 heavy (non-hydrogen) atoms. The van der Waals surface area contributed by atoms with Crippen LogP contribution >= 0.6 is 68.0 Å². The van der Waals surface area contributed by atoms with E-state index in [1.165, 1.54) is 39.4 Å². The van der Waals surface area contributed by atoms with E-state index >= 15 is 4.79 Å². The molecule has 7 aromatic heterocycles. The van der Waals surface area contributed by atoms with Gasteiger partial charge in [-0.3, -0.25) is 28.8 Å². The summed E-state index contributed by atoms with van der Waals surface area (Å²) in [4.78, 5) is 120. The molecule has 11 rings (SSSR count). The zero-order valence-electron chi connectivity index (χ0n) is 47.2. The number of aliphatic hydroxyl groups is 2. The number of fused-ring (bicyclic) bond motifs is 14. The van der Waals surface area contributed by atoms with Crippen LogP contribution in [0, 0.1) is 19.8 Å². The number of hydrogen-bond acceptors (Lipinski definition) is 22. The fourth-order valence-electron chi connectivity index (χ4n) is 10.4. The Morgan fingerprint density at radius 3 is 2.02 bits per heavy atom. The third-order valence-electron chi connectivity index (χ3n) is 15.2. The molecule has 5 amide bonds. The molecule has 7 atom stereocenters. The first-order valence-electron chi connectivity index (χ1n) is 27.9. The molecule has 0 aliphatic carbocycles. The molecule has 0 spiro atoms. The van der Waals surface area contributed by atoms with Crippen molar-refractivity contribution in [2.75, 3.05) is 19.6 Å². The molecule has 1 fully saturated rings. The number of pyridine rings is 1. The van der Waals surface area contributed by atoms with Gasteiger partial charge in [-0.15, -0.1) is 68.0 Å². The van der Waals surface area contributed by atoms with Gasteiger partial charge in [0.1, 0.15) is 70.9 Å². The van der Waals surface area contributed by atoms with Crippen molar-refractivity contribution in [1.29, 1.82) is 0 Å². The molecule has 2 aliphatic heterocycles. The van der Waals surface area contributed by atoms with Gasteiger partial charge < -0.3 is 42.5 Å². The molecule has 448 valence electrons. The Labute approximate surface area is 523 Å². The number of hydrogen-bond donors (Lipinski definition) is 7. The highest BCUT2D eigenvalue weighted by molar-refractivity contribution is 7.15. The number of aryl methyl sites for hydroxylation is 2.